The molecule has 0 saturated carbocycles. The molecule has 0 radical (unpaired) electrons. The van der Waals surface area contributed by atoms with Crippen molar-refractivity contribution in [3.63, 3.8) is 0 Å². The molecule has 2 atom stereocenters. The first-order valence-electron chi connectivity index (χ1n) is 6.15. The zero-order valence-corrected chi connectivity index (χ0v) is 10.9. The van der Waals surface area contributed by atoms with Gasteiger partial charge < -0.3 is 14.7 Å². The molecule has 0 amide bonds. The monoisotopic (exact) mass is 281 g/mol. The molecule has 2 aliphatic heterocycles. The van der Waals surface area contributed by atoms with Gasteiger partial charge in [0.1, 0.15) is 0 Å². The van der Waals surface area contributed by atoms with E-state index in [2.05, 4.69) is 21.1 Å². The summed E-state index contributed by atoms with van der Waals surface area (Å²) in [5.41, 5.74) is 1.46. The molecule has 2 bridgehead atoms. The normalized spacial score (nSPS) is 25.4. The standard InChI is InChI=1S/C10H13N3O.C2H2O4/c1-7-11-10(14-12-7)4-9-6-13-3-2-8(9)5-13;3-1(4)2(5)6/h4,8H,2-3,5-6H2,1H3;(H,3,4)(H,5,6). The van der Waals surface area contributed by atoms with Crippen LogP contribution in [-0.2, 0) is 9.59 Å². The second kappa shape index (κ2) is 5.83. The van der Waals surface area contributed by atoms with Crippen molar-refractivity contribution in [1.29, 1.82) is 0 Å². The zero-order valence-electron chi connectivity index (χ0n) is 10.9. The van der Waals surface area contributed by atoms with E-state index in [0.29, 0.717) is 11.7 Å². The summed E-state index contributed by atoms with van der Waals surface area (Å²) in [7, 11) is 0. The molecule has 8 heteroatoms. The van der Waals surface area contributed by atoms with E-state index in [9.17, 15) is 0 Å². The summed E-state index contributed by atoms with van der Waals surface area (Å²) in [6.45, 7) is 5.41. The fourth-order valence-corrected chi connectivity index (χ4v) is 2.36. The lowest BCUT2D eigenvalue weighted by atomic mass is 9.99. The molecule has 0 aromatic carbocycles. The van der Waals surface area contributed by atoms with Crippen LogP contribution in [0.2, 0.25) is 0 Å². The number of nitrogens with zero attached hydrogens (tertiary/aromatic N) is 3. The van der Waals surface area contributed by atoms with Crippen LogP contribution in [0.1, 0.15) is 18.1 Å². The Balaban J connectivity index is 0.000000212. The first-order chi connectivity index (χ1) is 9.45. The summed E-state index contributed by atoms with van der Waals surface area (Å²) >= 11 is 0. The van der Waals surface area contributed by atoms with Gasteiger partial charge in [-0.25, -0.2) is 9.59 Å². The fourth-order valence-electron chi connectivity index (χ4n) is 2.36. The van der Waals surface area contributed by atoms with Gasteiger partial charge in [-0.15, -0.1) is 0 Å². The van der Waals surface area contributed by atoms with Crippen LogP contribution in [0.15, 0.2) is 10.1 Å². The molecule has 2 unspecified atom stereocenters. The Morgan fingerprint density at radius 3 is 2.50 bits per heavy atom. The molecule has 2 saturated heterocycles. The highest BCUT2D eigenvalue weighted by Gasteiger charge is 2.33. The highest BCUT2D eigenvalue weighted by atomic mass is 16.5. The van der Waals surface area contributed by atoms with Crippen molar-refractivity contribution in [3.05, 3.63) is 17.3 Å². The molecule has 108 valence electrons. The molecule has 2 aliphatic rings. The van der Waals surface area contributed by atoms with E-state index >= 15 is 0 Å². The third-order valence-electron chi connectivity index (χ3n) is 3.24. The molecule has 2 fully saturated rings. The Kier molecular flexibility index (Phi) is 4.14. The maximum atomic E-state index is 9.10. The minimum absolute atomic E-state index is 0.659. The maximum Gasteiger partial charge on any atom is 0.414 e. The molecule has 3 rings (SSSR count). The summed E-state index contributed by atoms with van der Waals surface area (Å²) in [5.74, 6) is -1.54. The number of carboxylic acids is 2. The van der Waals surface area contributed by atoms with Crippen LogP contribution in [0.5, 0.6) is 0 Å². The number of hydrogen-bond donors (Lipinski definition) is 2. The van der Waals surface area contributed by atoms with Gasteiger partial charge in [0.25, 0.3) is 5.89 Å². The van der Waals surface area contributed by atoms with E-state index in [1.54, 1.807) is 0 Å². The van der Waals surface area contributed by atoms with E-state index in [1.807, 2.05) is 6.92 Å². The molecule has 20 heavy (non-hydrogen) atoms. The van der Waals surface area contributed by atoms with E-state index in [1.165, 1.54) is 25.1 Å². The number of rotatable bonds is 1. The van der Waals surface area contributed by atoms with Gasteiger partial charge in [-0.1, -0.05) is 5.16 Å². The SMILES string of the molecule is Cc1noc(C=C2CN3CCC2C3)n1.O=C(O)C(=O)O. The van der Waals surface area contributed by atoms with Crippen LogP contribution in [0, 0.1) is 12.8 Å². The first kappa shape index (κ1) is 14.2. The number of fused-ring (bicyclic) bond motifs is 2. The molecule has 2 N–H and O–H groups in total. The molecule has 1 aromatic rings. The van der Waals surface area contributed by atoms with Crippen LogP contribution >= 0.6 is 0 Å². The lowest BCUT2D eigenvalue weighted by Crippen LogP contribution is -2.17. The lowest BCUT2D eigenvalue weighted by Gasteiger charge is -2.13. The molecule has 0 spiro atoms. The van der Waals surface area contributed by atoms with Crippen LogP contribution < -0.4 is 0 Å². The van der Waals surface area contributed by atoms with Gasteiger partial charge in [0.15, 0.2) is 5.82 Å². The molecule has 0 aliphatic carbocycles. The maximum absolute atomic E-state index is 9.10. The molecule has 8 nitrogen and oxygen atoms in total. The van der Waals surface area contributed by atoms with Crippen LogP contribution in [0.4, 0.5) is 0 Å². The van der Waals surface area contributed by atoms with Crippen molar-refractivity contribution in [1.82, 2.24) is 15.0 Å². The predicted molar refractivity (Wildman–Crippen MR) is 66.8 cm³/mol. The number of carboxylic acid groups (broad SMARTS) is 2. The number of hydrogen-bond acceptors (Lipinski definition) is 6. The Labute approximate surface area is 114 Å². The average molecular weight is 281 g/mol. The third-order valence-corrected chi connectivity index (χ3v) is 3.24. The fraction of sp³-hybridized carbons (Fsp3) is 0.500. The van der Waals surface area contributed by atoms with Crippen LogP contribution in [0.25, 0.3) is 6.08 Å². The van der Waals surface area contributed by atoms with E-state index in [4.69, 9.17) is 24.3 Å². The highest BCUT2D eigenvalue weighted by Crippen LogP contribution is 2.33. The van der Waals surface area contributed by atoms with Gasteiger partial charge in [0.2, 0.25) is 0 Å². The highest BCUT2D eigenvalue weighted by molar-refractivity contribution is 6.27. The number of piperidine rings is 1. The smallest absolute Gasteiger partial charge is 0.414 e. The van der Waals surface area contributed by atoms with E-state index < -0.39 is 11.9 Å². The third kappa shape index (κ3) is 3.41. The van der Waals surface area contributed by atoms with Crippen molar-refractivity contribution >= 4 is 18.0 Å². The van der Waals surface area contributed by atoms with Gasteiger partial charge in [-0.05, 0) is 31.4 Å². The summed E-state index contributed by atoms with van der Waals surface area (Å²) in [6, 6.07) is 0. The van der Waals surface area contributed by atoms with E-state index in [0.717, 1.165) is 12.5 Å². The molecular formula is C12H15N3O5. The zero-order chi connectivity index (χ0) is 14.7. The predicted octanol–water partition coefficient (Wildman–Crippen LogP) is 0.253. The largest absolute Gasteiger partial charge is 0.473 e. The summed E-state index contributed by atoms with van der Waals surface area (Å²) in [4.78, 5) is 24.9. The van der Waals surface area contributed by atoms with Crippen molar-refractivity contribution in [2.24, 2.45) is 5.92 Å². The number of aromatic nitrogens is 2. The Hall–Kier alpha value is -2.22. The molecule has 1 aromatic heterocycles. The lowest BCUT2D eigenvalue weighted by molar-refractivity contribution is -0.159. The van der Waals surface area contributed by atoms with E-state index in [-0.39, 0.29) is 0 Å². The van der Waals surface area contributed by atoms with Gasteiger partial charge in [-0.3, -0.25) is 4.90 Å². The van der Waals surface area contributed by atoms with Gasteiger partial charge in [0.05, 0.1) is 0 Å². The Morgan fingerprint density at radius 2 is 2.10 bits per heavy atom. The average Bonchev–Trinajstić information content (AvgIpc) is 3.07. The Bertz CT molecular complexity index is 539. The summed E-state index contributed by atoms with van der Waals surface area (Å²) in [5, 5.41) is 18.6. The minimum Gasteiger partial charge on any atom is -0.473 e. The number of carbonyl (C=O) groups is 2. The minimum atomic E-state index is -1.82. The number of aryl methyl sites for hydroxylation is 1. The Morgan fingerprint density at radius 1 is 1.40 bits per heavy atom. The van der Waals surface area contributed by atoms with Crippen molar-refractivity contribution in [2.45, 2.75) is 13.3 Å². The van der Waals surface area contributed by atoms with Crippen molar-refractivity contribution in [3.8, 4) is 0 Å². The van der Waals surface area contributed by atoms with Gasteiger partial charge in [0, 0.05) is 19.2 Å². The van der Waals surface area contributed by atoms with Crippen molar-refractivity contribution < 1.29 is 24.3 Å². The quantitative estimate of drug-likeness (QED) is 0.704. The number of aliphatic carboxylic acids is 2. The second-order valence-electron chi connectivity index (χ2n) is 4.73. The van der Waals surface area contributed by atoms with Crippen molar-refractivity contribution in [2.75, 3.05) is 19.6 Å². The summed E-state index contributed by atoms with van der Waals surface area (Å²) in [6.07, 6.45) is 3.35. The second-order valence-corrected chi connectivity index (χ2v) is 4.73. The van der Waals surface area contributed by atoms with Gasteiger partial charge in [-0.2, -0.15) is 4.98 Å². The topological polar surface area (TPSA) is 117 Å². The first-order valence-corrected chi connectivity index (χ1v) is 6.15. The molecule has 3 heterocycles. The summed E-state index contributed by atoms with van der Waals surface area (Å²) < 4.78 is 5.08. The van der Waals surface area contributed by atoms with Crippen LogP contribution in [-0.4, -0.2) is 56.8 Å². The van der Waals surface area contributed by atoms with Crippen LogP contribution in [0.3, 0.4) is 0 Å². The molecular weight excluding hydrogens is 266 g/mol. The van der Waals surface area contributed by atoms with Gasteiger partial charge >= 0.3 is 11.9 Å².